The molecule has 0 radical (unpaired) electrons. The highest BCUT2D eigenvalue weighted by Gasteiger charge is 2.52. The number of aliphatic hydroxyl groups is 3. The number of hydrogen-bond acceptors (Lipinski definition) is 16. The molecule has 19 heteroatoms. The van der Waals surface area contributed by atoms with Crippen LogP contribution in [0.25, 0.3) is 0 Å². The molecule has 17 nitrogen and oxygen atoms in total. The fourth-order valence-electron chi connectivity index (χ4n) is 3.19. The number of ether oxygens (including phenoxy) is 4. The SMILES string of the molecule is CO[C@@H]1OC(COS(=O)(=O)O)[C@H](OSOOO)[C@H](O[C@@H]2OC[C@H](O)[C@H](O)C2O)C1NC(C)=O. The molecule has 33 heavy (non-hydrogen) atoms. The van der Waals surface area contributed by atoms with Crippen LogP contribution in [0, 0.1) is 0 Å². The minimum Gasteiger partial charge on any atom is -0.388 e. The third kappa shape index (κ3) is 8.16. The number of rotatable bonds is 11. The molecule has 0 aromatic rings. The second-order valence-electron chi connectivity index (χ2n) is 6.84. The third-order valence-electron chi connectivity index (χ3n) is 4.58. The summed E-state index contributed by atoms with van der Waals surface area (Å²) in [5, 5.41) is 44.0. The number of methoxy groups -OCH3 is 1. The Hall–Kier alpha value is -0.750. The molecular formula is C14H25NO16S2. The highest BCUT2D eigenvalue weighted by molar-refractivity contribution is 7.89. The van der Waals surface area contributed by atoms with Crippen LogP contribution in [0.1, 0.15) is 6.92 Å². The minimum absolute atomic E-state index is 0.0482. The molecule has 2 saturated heterocycles. The molecule has 0 spiro atoms. The van der Waals surface area contributed by atoms with E-state index in [1.165, 1.54) is 7.11 Å². The smallest absolute Gasteiger partial charge is 0.388 e. The standard InChI is InChI=1S/C14H25NO16S2/c1-5(16)15-8-12(28-14-10(19)9(18)6(17)3-25-14)11(29-32-31-30-20)7(27-13(8)24-2)4-26-33(21,22)23/h6-14,17-20H,3-4H2,1-2H3,(H,15,16)(H,21,22,23)/t6-,7?,8?,9-,10?,11-,12+,13+,14-/m0/s1. The summed E-state index contributed by atoms with van der Waals surface area (Å²) in [7, 11) is -3.71. The molecule has 3 unspecified atom stereocenters. The van der Waals surface area contributed by atoms with Crippen molar-refractivity contribution in [1.82, 2.24) is 5.32 Å². The van der Waals surface area contributed by atoms with Gasteiger partial charge in [-0.2, -0.15) is 8.42 Å². The summed E-state index contributed by atoms with van der Waals surface area (Å²) < 4.78 is 66.5. The molecule has 6 N–H and O–H groups in total. The fraction of sp³-hybridized carbons (Fsp3) is 0.929. The zero-order chi connectivity index (χ0) is 24.8. The van der Waals surface area contributed by atoms with Gasteiger partial charge in [-0.15, -0.1) is 4.33 Å². The molecule has 2 fully saturated rings. The number of carbonyl (C=O) groups is 1. The average molecular weight is 527 g/mol. The predicted molar refractivity (Wildman–Crippen MR) is 101 cm³/mol. The van der Waals surface area contributed by atoms with E-state index in [1.807, 2.05) is 0 Å². The van der Waals surface area contributed by atoms with E-state index in [2.05, 4.69) is 18.9 Å². The number of nitrogens with one attached hydrogen (secondary N) is 1. The van der Waals surface area contributed by atoms with Crippen LogP contribution in [-0.4, -0.2) is 115 Å². The lowest BCUT2D eigenvalue weighted by molar-refractivity contribution is -0.435. The summed E-state index contributed by atoms with van der Waals surface area (Å²) in [5.41, 5.74) is 0. The number of hydrogen-bond donors (Lipinski definition) is 6. The van der Waals surface area contributed by atoms with Crippen molar-refractivity contribution in [2.24, 2.45) is 0 Å². The first kappa shape index (κ1) is 28.5. The molecule has 2 aliphatic heterocycles. The first-order valence-electron chi connectivity index (χ1n) is 9.17. The van der Waals surface area contributed by atoms with Crippen LogP contribution in [0.2, 0.25) is 0 Å². The molecule has 9 atom stereocenters. The van der Waals surface area contributed by atoms with E-state index in [0.29, 0.717) is 0 Å². The van der Waals surface area contributed by atoms with Crippen molar-refractivity contribution in [3.8, 4) is 0 Å². The Bertz CT molecular complexity index is 726. The van der Waals surface area contributed by atoms with Crippen molar-refractivity contribution in [3.63, 3.8) is 0 Å². The van der Waals surface area contributed by atoms with Crippen molar-refractivity contribution in [3.05, 3.63) is 0 Å². The van der Waals surface area contributed by atoms with E-state index in [9.17, 15) is 28.5 Å². The van der Waals surface area contributed by atoms with Crippen LogP contribution >= 0.6 is 12.3 Å². The van der Waals surface area contributed by atoms with E-state index in [4.69, 9.17) is 32.9 Å². The lowest BCUT2D eigenvalue weighted by Crippen LogP contribution is -2.67. The van der Waals surface area contributed by atoms with Crippen LogP contribution in [-0.2, 0) is 51.9 Å². The number of amides is 1. The molecule has 2 aliphatic rings. The zero-order valence-corrected chi connectivity index (χ0v) is 18.8. The Morgan fingerprint density at radius 1 is 1.18 bits per heavy atom. The summed E-state index contributed by atoms with van der Waals surface area (Å²) >= 11 is 0.0482. The Kier molecular flexibility index (Phi) is 11.1. The Morgan fingerprint density at radius 3 is 2.45 bits per heavy atom. The maximum Gasteiger partial charge on any atom is 0.397 e. The molecule has 0 aliphatic carbocycles. The molecule has 0 aromatic heterocycles. The van der Waals surface area contributed by atoms with Crippen LogP contribution in [0.3, 0.4) is 0 Å². The van der Waals surface area contributed by atoms with Gasteiger partial charge < -0.3 is 39.6 Å². The van der Waals surface area contributed by atoms with Gasteiger partial charge in [0, 0.05) is 14.0 Å². The monoisotopic (exact) mass is 527 g/mol. The molecular weight excluding hydrogens is 502 g/mol. The van der Waals surface area contributed by atoms with Gasteiger partial charge in [0.15, 0.2) is 24.9 Å². The lowest BCUT2D eigenvalue weighted by atomic mass is 9.96. The van der Waals surface area contributed by atoms with Crippen LogP contribution in [0.5, 0.6) is 0 Å². The van der Waals surface area contributed by atoms with E-state index in [1.54, 1.807) is 0 Å². The van der Waals surface area contributed by atoms with E-state index in [-0.39, 0.29) is 12.3 Å². The van der Waals surface area contributed by atoms with Crippen LogP contribution < -0.4 is 5.32 Å². The average Bonchev–Trinajstić information content (AvgIpc) is 2.74. The maximum absolute atomic E-state index is 11.8. The van der Waals surface area contributed by atoms with Gasteiger partial charge in [0.1, 0.15) is 42.7 Å². The Labute approximate surface area is 192 Å². The fourth-order valence-corrected chi connectivity index (χ4v) is 3.87. The predicted octanol–water partition coefficient (Wildman–Crippen LogP) is -3.12. The van der Waals surface area contributed by atoms with Crippen molar-refractivity contribution in [1.29, 1.82) is 0 Å². The highest BCUT2D eigenvalue weighted by Crippen LogP contribution is 2.32. The van der Waals surface area contributed by atoms with Gasteiger partial charge in [0.25, 0.3) is 0 Å². The van der Waals surface area contributed by atoms with Crippen LogP contribution in [0.15, 0.2) is 0 Å². The molecule has 0 bridgehead atoms. The molecule has 2 heterocycles. The summed E-state index contributed by atoms with van der Waals surface area (Å²) in [5.74, 6) is -0.575. The van der Waals surface area contributed by atoms with Crippen LogP contribution in [0.4, 0.5) is 0 Å². The van der Waals surface area contributed by atoms with Gasteiger partial charge in [-0.1, -0.05) is 5.04 Å². The van der Waals surface area contributed by atoms with E-state index >= 15 is 0 Å². The quantitative estimate of drug-likeness (QED) is 0.0512. The molecule has 0 aromatic carbocycles. The van der Waals surface area contributed by atoms with Gasteiger partial charge >= 0.3 is 10.4 Å². The largest absolute Gasteiger partial charge is 0.397 e. The number of carbonyl (C=O) groups excluding carboxylic acids is 1. The molecule has 0 saturated carbocycles. The van der Waals surface area contributed by atoms with Crippen molar-refractivity contribution in [2.45, 2.75) is 62.2 Å². The first-order valence-corrected chi connectivity index (χ1v) is 11.2. The van der Waals surface area contributed by atoms with Gasteiger partial charge in [0.2, 0.25) is 5.91 Å². The van der Waals surface area contributed by atoms with Gasteiger partial charge in [-0.25, -0.2) is 9.44 Å². The maximum atomic E-state index is 11.8. The summed E-state index contributed by atoms with van der Waals surface area (Å²) in [6.07, 6.45) is -11.9. The Morgan fingerprint density at radius 2 is 1.88 bits per heavy atom. The normalized spacial score (nSPS) is 37.6. The van der Waals surface area contributed by atoms with Gasteiger partial charge in [0.05, 0.1) is 13.2 Å². The Balaban J connectivity index is 2.36. The molecule has 1 amide bonds. The molecule has 194 valence electrons. The van der Waals surface area contributed by atoms with Crippen molar-refractivity contribution < 1.29 is 75.0 Å². The summed E-state index contributed by atoms with van der Waals surface area (Å²) in [4.78, 5) is 11.8. The minimum atomic E-state index is -4.91. The second-order valence-corrected chi connectivity index (χ2v) is 8.40. The van der Waals surface area contributed by atoms with Gasteiger partial charge in [-0.05, 0) is 0 Å². The zero-order valence-electron chi connectivity index (χ0n) is 17.2. The molecule has 2 rings (SSSR count). The first-order chi connectivity index (χ1) is 15.5. The third-order valence-corrected chi connectivity index (χ3v) is 5.44. The second kappa shape index (κ2) is 12.8. The van der Waals surface area contributed by atoms with Crippen molar-refractivity contribution >= 4 is 28.6 Å². The van der Waals surface area contributed by atoms with Crippen molar-refractivity contribution in [2.75, 3.05) is 20.3 Å². The highest BCUT2D eigenvalue weighted by atomic mass is 32.3. The summed E-state index contributed by atoms with van der Waals surface area (Å²) in [6.45, 7) is -0.0929. The lowest BCUT2D eigenvalue weighted by Gasteiger charge is -2.47. The summed E-state index contributed by atoms with van der Waals surface area (Å²) in [6, 6.07) is -1.19. The van der Waals surface area contributed by atoms with E-state index in [0.717, 1.165) is 6.92 Å². The topological polar surface area (TPSA) is 238 Å². The number of aliphatic hydroxyl groups excluding tert-OH is 3. The van der Waals surface area contributed by atoms with E-state index < -0.39 is 84.8 Å². The van der Waals surface area contributed by atoms with Gasteiger partial charge in [-0.3, -0.25) is 13.5 Å².